The van der Waals surface area contributed by atoms with Gasteiger partial charge in [0.25, 0.3) is 5.91 Å². The summed E-state index contributed by atoms with van der Waals surface area (Å²) >= 11 is 1.54. The van der Waals surface area contributed by atoms with Crippen molar-refractivity contribution < 1.29 is 4.79 Å². The van der Waals surface area contributed by atoms with Gasteiger partial charge in [-0.25, -0.2) is 0 Å². The highest BCUT2D eigenvalue weighted by Gasteiger charge is 2.13. The summed E-state index contributed by atoms with van der Waals surface area (Å²) in [6.45, 7) is 6.72. The Morgan fingerprint density at radius 1 is 1.56 bits per heavy atom. The van der Waals surface area contributed by atoms with Gasteiger partial charge in [0.05, 0.1) is 11.4 Å². The second kappa shape index (κ2) is 5.35. The number of nitrogens with zero attached hydrogens (tertiary/aromatic N) is 2. The van der Waals surface area contributed by atoms with Crippen LogP contribution in [0, 0.1) is 13.8 Å². The van der Waals surface area contributed by atoms with Crippen LogP contribution in [0.4, 0.5) is 0 Å². The number of aromatic nitrogens is 2. The van der Waals surface area contributed by atoms with Crippen molar-refractivity contribution in [3.63, 3.8) is 0 Å². The zero-order chi connectivity index (χ0) is 13.1. The number of carbonyl (C=O) groups excluding carboxylic acids is 1. The van der Waals surface area contributed by atoms with Crippen LogP contribution in [0.3, 0.4) is 0 Å². The topological polar surface area (TPSA) is 46.9 Å². The summed E-state index contributed by atoms with van der Waals surface area (Å²) in [7, 11) is 0. The third-order valence-electron chi connectivity index (χ3n) is 2.79. The molecule has 0 aromatic carbocycles. The third kappa shape index (κ3) is 2.98. The van der Waals surface area contributed by atoms with Gasteiger partial charge in [-0.3, -0.25) is 9.48 Å². The van der Waals surface area contributed by atoms with Crippen LogP contribution in [0.5, 0.6) is 0 Å². The molecule has 0 saturated heterocycles. The van der Waals surface area contributed by atoms with Gasteiger partial charge in [-0.15, -0.1) is 11.3 Å². The predicted octanol–water partition coefficient (Wildman–Crippen LogP) is 2.38. The minimum atomic E-state index is -0.00384. The van der Waals surface area contributed by atoms with Crippen molar-refractivity contribution in [2.75, 3.05) is 0 Å². The Kier molecular flexibility index (Phi) is 3.81. The van der Waals surface area contributed by atoms with E-state index in [1.807, 2.05) is 43.8 Å². The molecule has 2 heterocycles. The van der Waals surface area contributed by atoms with Crippen LogP contribution in [0.1, 0.15) is 27.0 Å². The van der Waals surface area contributed by atoms with Crippen molar-refractivity contribution in [3.05, 3.63) is 39.8 Å². The van der Waals surface area contributed by atoms with Gasteiger partial charge >= 0.3 is 0 Å². The van der Waals surface area contributed by atoms with Gasteiger partial charge in [0.15, 0.2) is 0 Å². The Morgan fingerprint density at radius 3 is 2.89 bits per heavy atom. The van der Waals surface area contributed by atoms with Crippen LogP contribution in [-0.4, -0.2) is 21.7 Å². The zero-order valence-corrected chi connectivity index (χ0v) is 11.6. The average molecular weight is 263 g/mol. The standard InChI is InChI=1S/C13H17N3OS/c1-9-7-12(18-11(9)3)13(17)15-10(2)8-16-6-4-5-14-16/h4-7,10H,8H2,1-3H3,(H,15,17). The predicted molar refractivity (Wildman–Crippen MR) is 72.9 cm³/mol. The van der Waals surface area contributed by atoms with E-state index in [4.69, 9.17) is 0 Å². The van der Waals surface area contributed by atoms with Crippen LogP contribution in [0.15, 0.2) is 24.5 Å². The molecular weight excluding hydrogens is 246 g/mol. The number of aryl methyl sites for hydroxylation is 2. The molecule has 1 unspecified atom stereocenters. The summed E-state index contributed by atoms with van der Waals surface area (Å²) in [5.41, 5.74) is 1.17. The minimum Gasteiger partial charge on any atom is -0.347 e. The van der Waals surface area contributed by atoms with Crippen molar-refractivity contribution in [1.29, 1.82) is 0 Å². The lowest BCUT2D eigenvalue weighted by Gasteiger charge is -2.13. The molecule has 2 aromatic rings. The summed E-state index contributed by atoms with van der Waals surface area (Å²) < 4.78 is 1.82. The SMILES string of the molecule is Cc1cc(C(=O)NC(C)Cn2cccn2)sc1C. The first-order chi connectivity index (χ1) is 8.56. The number of nitrogens with one attached hydrogen (secondary N) is 1. The maximum Gasteiger partial charge on any atom is 0.261 e. The fourth-order valence-corrected chi connectivity index (χ4v) is 2.65. The monoisotopic (exact) mass is 263 g/mol. The van der Waals surface area contributed by atoms with Crippen LogP contribution >= 0.6 is 11.3 Å². The van der Waals surface area contributed by atoms with Crippen LogP contribution in [0.25, 0.3) is 0 Å². The number of rotatable bonds is 4. The van der Waals surface area contributed by atoms with E-state index in [2.05, 4.69) is 10.4 Å². The fraction of sp³-hybridized carbons (Fsp3) is 0.385. The van der Waals surface area contributed by atoms with Crippen molar-refractivity contribution in [2.24, 2.45) is 0 Å². The van der Waals surface area contributed by atoms with Gasteiger partial charge in [-0.2, -0.15) is 5.10 Å². The van der Waals surface area contributed by atoms with E-state index >= 15 is 0 Å². The van der Waals surface area contributed by atoms with Gasteiger partial charge in [-0.1, -0.05) is 0 Å². The first kappa shape index (κ1) is 12.8. The summed E-state index contributed by atoms with van der Waals surface area (Å²) in [4.78, 5) is 14.0. The summed E-state index contributed by atoms with van der Waals surface area (Å²) in [5, 5.41) is 7.11. The Labute approximate surface area is 111 Å². The van der Waals surface area contributed by atoms with Crippen molar-refractivity contribution in [2.45, 2.75) is 33.4 Å². The summed E-state index contributed by atoms with van der Waals surface area (Å²) in [5.74, 6) is -0.00384. The normalized spacial score (nSPS) is 12.4. The van der Waals surface area contributed by atoms with E-state index in [0.717, 1.165) is 4.88 Å². The zero-order valence-electron chi connectivity index (χ0n) is 10.8. The van der Waals surface area contributed by atoms with Gasteiger partial charge in [0, 0.05) is 23.3 Å². The molecule has 0 aliphatic rings. The maximum atomic E-state index is 12.0. The first-order valence-electron chi connectivity index (χ1n) is 5.91. The number of thiophene rings is 1. The van der Waals surface area contributed by atoms with Gasteiger partial charge < -0.3 is 5.32 Å². The second-order valence-corrected chi connectivity index (χ2v) is 5.71. The number of hydrogen-bond acceptors (Lipinski definition) is 3. The molecule has 4 nitrogen and oxygen atoms in total. The molecule has 0 fully saturated rings. The van der Waals surface area contributed by atoms with E-state index in [0.29, 0.717) is 6.54 Å². The lowest BCUT2D eigenvalue weighted by molar-refractivity contribution is 0.0940. The van der Waals surface area contributed by atoms with Crippen molar-refractivity contribution >= 4 is 17.2 Å². The van der Waals surface area contributed by atoms with Gasteiger partial charge in [0.2, 0.25) is 0 Å². The molecule has 1 N–H and O–H groups in total. The quantitative estimate of drug-likeness (QED) is 0.920. The van der Waals surface area contributed by atoms with Crippen LogP contribution in [-0.2, 0) is 6.54 Å². The molecule has 0 aliphatic heterocycles. The van der Waals surface area contributed by atoms with E-state index in [-0.39, 0.29) is 11.9 Å². The van der Waals surface area contributed by atoms with Crippen molar-refractivity contribution in [1.82, 2.24) is 15.1 Å². The van der Waals surface area contributed by atoms with Crippen molar-refractivity contribution in [3.8, 4) is 0 Å². The minimum absolute atomic E-state index is 0.00384. The lowest BCUT2D eigenvalue weighted by Crippen LogP contribution is -2.35. The molecule has 5 heteroatoms. The Balaban J connectivity index is 1.94. The highest BCUT2D eigenvalue weighted by atomic mass is 32.1. The van der Waals surface area contributed by atoms with Crippen LogP contribution < -0.4 is 5.32 Å². The highest BCUT2D eigenvalue weighted by Crippen LogP contribution is 2.20. The van der Waals surface area contributed by atoms with E-state index < -0.39 is 0 Å². The Hall–Kier alpha value is -1.62. The molecule has 1 amide bonds. The molecule has 96 valence electrons. The molecule has 0 bridgehead atoms. The molecule has 0 aliphatic carbocycles. The molecule has 0 spiro atoms. The van der Waals surface area contributed by atoms with E-state index in [1.54, 1.807) is 6.20 Å². The number of amides is 1. The summed E-state index contributed by atoms with van der Waals surface area (Å²) in [6.07, 6.45) is 3.63. The van der Waals surface area contributed by atoms with Gasteiger partial charge in [0.1, 0.15) is 0 Å². The Morgan fingerprint density at radius 2 is 2.33 bits per heavy atom. The third-order valence-corrected chi connectivity index (χ3v) is 3.94. The lowest BCUT2D eigenvalue weighted by atomic mass is 10.2. The molecule has 2 aromatic heterocycles. The molecule has 1 atom stereocenters. The largest absolute Gasteiger partial charge is 0.347 e. The van der Waals surface area contributed by atoms with Gasteiger partial charge in [-0.05, 0) is 38.5 Å². The molecule has 18 heavy (non-hydrogen) atoms. The fourth-order valence-electron chi connectivity index (χ4n) is 1.71. The molecule has 0 radical (unpaired) electrons. The van der Waals surface area contributed by atoms with E-state index in [9.17, 15) is 4.79 Å². The summed E-state index contributed by atoms with van der Waals surface area (Å²) in [6, 6.07) is 3.87. The average Bonchev–Trinajstić information content (AvgIpc) is 2.90. The molecule has 0 saturated carbocycles. The Bertz CT molecular complexity index is 511. The first-order valence-corrected chi connectivity index (χ1v) is 6.73. The molecular formula is C13H17N3OS. The number of carbonyl (C=O) groups is 1. The smallest absolute Gasteiger partial charge is 0.261 e. The highest BCUT2D eigenvalue weighted by molar-refractivity contribution is 7.14. The molecule has 2 rings (SSSR count). The van der Waals surface area contributed by atoms with Crippen LogP contribution in [0.2, 0.25) is 0 Å². The number of hydrogen-bond donors (Lipinski definition) is 1. The second-order valence-electron chi connectivity index (χ2n) is 4.45. The van der Waals surface area contributed by atoms with E-state index in [1.165, 1.54) is 21.8 Å². The maximum absolute atomic E-state index is 12.0.